The predicted molar refractivity (Wildman–Crippen MR) is 43.6 cm³/mol. The first-order chi connectivity index (χ1) is 5.15. The lowest BCUT2D eigenvalue weighted by atomic mass is 10.2. The van der Waals surface area contributed by atoms with E-state index >= 15 is 0 Å². The fourth-order valence-electron chi connectivity index (χ4n) is 0.700. The molecule has 0 atom stereocenters. The van der Waals surface area contributed by atoms with Gasteiger partial charge in [0, 0.05) is 16.1 Å². The second-order valence-corrected chi connectivity index (χ2v) is 3.10. The summed E-state index contributed by atoms with van der Waals surface area (Å²) in [6, 6.07) is 1.99. The minimum atomic E-state index is -0.619. The zero-order valence-corrected chi connectivity index (χ0v) is 7.72. The molecule has 1 aromatic carbocycles. The highest BCUT2D eigenvalue weighted by molar-refractivity contribution is 9.10. The van der Waals surface area contributed by atoms with Crippen molar-refractivity contribution in [1.82, 2.24) is 0 Å². The SMILES string of the molecule is Fc1cc(F)c(CCl)c(Br)c1. The highest BCUT2D eigenvalue weighted by atomic mass is 79.9. The number of halogens is 4. The van der Waals surface area contributed by atoms with Crippen molar-refractivity contribution in [3.8, 4) is 0 Å². The molecule has 0 heterocycles. The summed E-state index contributed by atoms with van der Waals surface area (Å²) in [6.07, 6.45) is 0. The number of benzene rings is 1. The lowest BCUT2D eigenvalue weighted by Crippen LogP contribution is -1.89. The molecule has 0 unspecified atom stereocenters. The smallest absolute Gasteiger partial charge is 0.131 e. The van der Waals surface area contributed by atoms with Gasteiger partial charge >= 0.3 is 0 Å². The fraction of sp³-hybridized carbons (Fsp3) is 0.143. The standard InChI is InChI=1S/C7H4BrClF2/c8-6-1-4(10)2-7(11)5(6)3-9/h1-2H,3H2. The summed E-state index contributed by atoms with van der Waals surface area (Å²) in [5.41, 5.74) is 0.285. The molecule has 0 aliphatic rings. The third kappa shape index (κ3) is 1.91. The minimum absolute atomic E-state index is 0.0344. The van der Waals surface area contributed by atoms with Crippen LogP contribution in [-0.2, 0) is 5.88 Å². The van der Waals surface area contributed by atoms with Gasteiger partial charge in [-0.25, -0.2) is 8.78 Å². The van der Waals surface area contributed by atoms with Crippen LogP contribution in [0.15, 0.2) is 16.6 Å². The largest absolute Gasteiger partial charge is 0.207 e. The molecule has 4 heteroatoms. The van der Waals surface area contributed by atoms with Crippen LogP contribution in [0.1, 0.15) is 5.56 Å². The maximum absolute atomic E-state index is 12.8. The average Bonchev–Trinajstić information content (AvgIpc) is 1.85. The van der Waals surface area contributed by atoms with Crippen LogP contribution >= 0.6 is 27.5 Å². The Hall–Kier alpha value is -0.150. The number of hydrogen-bond donors (Lipinski definition) is 0. The molecule has 0 nitrogen and oxygen atoms in total. The lowest BCUT2D eigenvalue weighted by Gasteiger charge is -2.00. The van der Waals surface area contributed by atoms with E-state index in [2.05, 4.69) is 15.9 Å². The van der Waals surface area contributed by atoms with E-state index < -0.39 is 11.6 Å². The van der Waals surface area contributed by atoms with E-state index in [-0.39, 0.29) is 11.4 Å². The van der Waals surface area contributed by atoms with Crippen molar-refractivity contribution in [2.45, 2.75) is 5.88 Å². The first-order valence-electron chi connectivity index (χ1n) is 2.84. The molecule has 0 N–H and O–H groups in total. The van der Waals surface area contributed by atoms with Crippen LogP contribution in [0.5, 0.6) is 0 Å². The van der Waals surface area contributed by atoms with Crippen LogP contribution in [0.2, 0.25) is 0 Å². The lowest BCUT2D eigenvalue weighted by molar-refractivity contribution is 0.574. The quantitative estimate of drug-likeness (QED) is 0.661. The molecule has 1 rings (SSSR count). The van der Waals surface area contributed by atoms with E-state index in [1.165, 1.54) is 6.07 Å². The van der Waals surface area contributed by atoms with Crippen LogP contribution < -0.4 is 0 Å². The van der Waals surface area contributed by atoms with Crippen molar-refractivity contribution in [2.24, 2.45) is 0 Å². The second-order valence-electron chi connectivity index (χ2n) is 1.98. The minimum Gasteiger partial charge on any atom is -0.207 e. The molecule has 11 heavy (non-hydrogen) atoms. The van der Waals surface area contributed by atoms with Crippen molar-refractivity contribution in [2.75, 3.05) is 0 Å². The summed E-state index contributed by atoms with van der Waals surface area (Å²) in [5.74, 6) is -1.19. The number of rotatable bonds is 1. The van der Waals surface area contributed by atoms with Crippen LogP contribution in [0.25, 0.3) is 0 Å². The van der Waals surface area contributed by atoms with Gasteiger partial charge in [0.2, 0.25) is 0 Å². The van der Waals surface area contributed by atoms with Gasteiger partial charge in [-0.05, 0) is 6.07 Å². The molecule has 1 aromatic rings. The van der Waals surface area contributed by atoms with Gasteiger partial charge in [-0.3, -0.25) is 0 Å². The molecule has 0 aliphatic heterocycles. The van der Waals surface area contributed by atoms with E-state index in [0.29, 0.717) is 4.47 Å². The van der Waals surface area contributed by atoms with Crippen molar-refractivity contribution >= 4 is 27.5 Å². The zero-order valence-electron chi connectivity index (χ0n) is 5.37. The average molecular weight is 241 g/mol. The summed E-state index contributed by atoms with van der Waals surface area (Å²) in [5, 5.41) is 0. The van der Waals surface area contributed by atoms with Crippen molar-refractivity contribution < 1.29 is 8.78 Å². The van der Waals surface area contributed by atoms with Gasteiger partial charge in [-0.2, -0.15) is 0 Å². The molecule has 0 aromatic heterocycles. The van der Waals surface area contributed by atoms with E-state index in [0.717, 1.165) is 6.07 Å². The Balaban J connectivity index is 3.25. The van der Waals surface area contributed by atoms with Crippen molar-refractivity contribution in [3.05, 3.63) is 33.8 Å². The molecule has 0 amide bonds. The Kier molecular flexibility index (Phi) is 2.84. The highest BCUT2D eigenvalue weighted by Crippen LogP contribution is 2.22. The van der Waals surface area contributed by atoms with Crippen molar-refractivity contribution in [3.63, 3.8) is 0 Å². The van der Waals surface area contributed by atoms with Crippen LogP contribution in [0, 0.1) is 11.6 Å². The van der Waals surface area contributed by atoms with Gasteiger partial charge in [0.15, 0.2) is 0 Å². The monoisotopic (exact) mass is 240 g/mol. The number of alkyl halides is 1. The molecule has 0 saturated heterocycles. The van der Waals surface area contributed by atoms with Crippen LogP contribution in [0.4, 0.5) is 8.78 Å². The Morgan fingerprint density at radius 3 is 2.45 bits per heavy atom. The Morgan fingerprint density at radius 2 is 2.00 bits per heavy atom. The first kappa shape index (κ1) is 8.94. The van der Waals surface area contributed by atoms with Gasteiger partial charge in [0.05, 0.1) is 5.88 Å². The summed E-state index contributed by atoms with van der Waals surface area (Å²) in [6.45, 7) is 0. The molecule has 0 bridgehead atoms. The molecule has 0 radical (unpaired) electrons. The van der Waals surface area contributed by atoms with Gasteiger partial charge in [-0.15, -0.1) is 11.6 Å². The maximum Gasteiger partial charge on any atom is 0.131 e. The summed E-state index contributed by atoms with van der Waals surface area (Å²) >= 11 is 8.39. The Labute approximate surface area is 76.3 Å². The summed E-state index contributed by atoms with van der Waals surface area (Å²) < 4.78 is 25.6. The van der Waals surface area contributed by atoms with E-state index in [4.69, 9.17) is 11.6 Å². The van der Waals surface area contributed by atoms with Gasteiger partial charge in [0.25, 0.3) is 0 Å². The second kappa shape index (κ2) is 3.50. The third-order valence-corrected chi connectivity index (χ3v) is 2.21. The normalized spacial score (nSPS) is 10.2. The Morgan fingerprint density at radius 1 is 1.36 bits per heavy atom. The molecular formula is C7H4BrClF2. The first-order valence-corrected chi connectivity index (χ1v) is 4.17. The van der Waals surface area contributed by atoms with Gasteiger partial charge in [0.1, 0.15) is 11.6 Å². The number of hydrogen-bond acceptors (Lipinski definition) is 0. The molecule has 60 valence electrons. The topological polar surface area (TPSA) is 0 Å². The molecule has 0 fully saturated rings. The summed E-state index contributed by atoms with van der Waals surface area (Å²) in [4.78, 5) is 0. The van der Waals surface area contributed by atoms with E-state index in [1.54, 1.807) is 0 Å². The maximum atomic E-state index is 12.8. The van der Waals surface area contributed by atoms with Crippen molar-refractivity contribution in [1.29, 1.82) is 0 Å². The fourth-order valence-corrected chi connectivity index (χ4v) is 1.68. The van der Waals surface area contributed by atoms with E-state index in [9.17, 15) is 8.78 Å². The van der Waals surface area contributed by atoms with Crippen LogP contribution in [0.3, 0.4) is 0 Å². The molecule has 0 aliphatic carbocycles. The zero-order chi connectivity index (χ0) is 8.43. The highest BCUT2D eigenvalue weighted by Gasteiger charge is 2.07. The third-order valence-electron chi connectivity index (χ3n) is 1.24. The van der Waals surface area contributed by atoms with E-state index in [1.807, 2.05) is 0 Å². The van der Waals surface area contributed by atoms with Gasteiger partial charge < -0.3 is 0 Å². The summed E-state index contributed by atoms with van der Waals surface area (Å²) in [7, 11) is 0. The van der Waals surface area contributed by atoms with Gasteiger partial charge in [-0.1, -0.05) is 15.9 Å². The molecular weight excluding hydrogens is 237 g/mol. The molecule has 0 saturated carbocycles. The molecule has 0 spiro atoms. The Bertz CT molecular complexity index is 252. The predicted octanol–water partition coefficient (Wildman–Crippen LogP) is 3.47. The van der Waals surface area contributed by atoms with Crippen LogP contribution in [-0.4, -0.2) is 0 Å².